The number of anilines is 2. The molecular formula is C17H20ClN6O15P3. The lowest BCUT2D eigenvalue weighted by Crippen LogP contribution is -2.37. The lowest BCUT2D eigenvalue weighted by molar-refractivity contribution is -0.0557. The number of carbonyl (C=O) groups excluding carboxylic acids is 1. The molecule has 230 valence electrons. The summed E-state index contributed by atoms with van der Waals surface area (Å²) < 4.78 is 58.5. The van der Waals surface area contributed by atoms with Crippen LogP contribution < -0.4 is 17.0 Å². The number of phosphoric acid groups is 3. The Morgan fingerprint density at radius 1 is 1.14 bits per heavy atom. The number of aliphatic hydroxyl groups is 1. The van der Waals surface area contributed by atoms with Gasteiger partial charge in [-0.15, -0.1) is 0 Å². The van der Waals surface area contributed by atoms with Crippen molar-refractivity contribution in [2.45, 2.75) is 24.5 Å². The van der Waals surface area contributed by atoms with Gasteiger partial charge in [-0.05, 0) is 18.2 Å². The fraction of sp³-hybridized carbons (Fsp3) is 0.294. The van der Waals surface area contributed by atoms with Gasteiger partial charge in [0.25, 0.3) is 5.56 Å². The summed E-state index contributed by atoms with van der Waals surface area (Å²) in [6, 6.07) is 3.89. The molecule has 3 heterocycles. The first-order valence-electron chi connectivity index (χ1n) is 11.0. The number of halogens is 1. The van der Waals surface area contributed by atoms with Gasteiger partial charge in [-0.2, -0.15) is 13.6 Å². The van der Waals surface area contributed by atoms with Crippen molar-refractivity contribution in [2.75, 3.05) is 18.1 Å². The molecular weight excluding hydrogens is 657 g/mol. The first kappa shape index (κ1) is 32.2. The third kappa shape index (κ3) is 7.42. The van der Waals surface area contributed by atoms with Gasteiger partial charge in [0.2, 0.25) is 5.95 Å². The summed E-state index contributed by atoms with van der Waals surface area (Å²) in [6.07, 6.45) is -5.78. The maximum Gasteiger partial charge on any atom is 0.490 e. The predicted molar refractivity (Wildman–Crippen MR) is 137 cm³/mol. The molecule has 1 fully saturated rings. The Bertz CT molecular complexity index is 1730. The topological polar surface area (TPSA) is 331 Å². The number of H-pyrrole nitrogens is 1. The minimum Gasteiger partial charge on any atom is -0.451 e. The monoisotopic (exact) mass is 676 g/mol. The molecule has 1 aromatic carbocycles. The number of aromatic amines is 1. The molecule has 6 unspecified atom stereocenters. The van der Waals surface area contributed by atoms with Crippen molar-refractivity contribution in [3.8, 4) is 0 Å². The van der Waals surface area contributed by atoms with E-state index in [9.17, 15) is 38.2 Å². The van der Waals surface area contributed by atoms with Gasteiger partial charge in [-0.25, -0.2) is 23.5 Å². The number of rotatable bonds is 10. The summed E-state index contributed by atoms with van der Waals surface area (Å²) >= 11 is 5.93. The van der Waals surface area contributed by atoms with E-state index in [0.717, 1.165) is 10.9 Å². The number of imidazole rings is 1. The largest absolute Gasteiger partial charge is 0.490 e. The molecule has 2 aromatic heterocycles. The average molecular weight is 677 g/mol. The normalized spacial score (nSPS) is 23.9. The molecule has 25 heteroatoms. The Hall–Kier alpha value is -2.74. The van der Waals surface area contributed by atoms with Gasteiger partial charge in [0.1, 0.15) is 12.2 Å². The Balaban J connectivity index is 1.63. The highest BCUT2D eigenvalue weighted by Crippen LogP contribution is 2.66. The van der Waals surface area contributed by atoms with Gasteiger partial charge in [-0.3, -0.25) is 18.9 Å². The zero-order valence-corrected chi connectivity index (χ0v) is 23.8. The minimum atomic E-state index is -5.84. The number of aromatic nitrogens is 4. The van der Waals surface area contributed by atoms with Crippen molar-refractivity contribution in [1.29, 1.82) is 0 Å². The number of nitrogen functional groups attached to an aromatic ring is 2. The summed E-state index contributed by atoms with van der Waals surface area (Å²) in [5.74, 6) is -1.44. The molecule has 3 aromatic rings. The maximum absolute atomic E-state index is 13.0. The standard InChI is InChI=1S/C17H20ClN6O15P3/c18-6-1-2-8(19)7(3-6)16(27)37-12-11(25)9(4-35-41(31,32)39-42(33,34)38-40(28,29)30)36-15(12)24-5-21-10-13(24)22-17(20)23-14(10)26/h1-3,5,9,11-12,15,25H,4,19H2,(H,31,32)(H,33,34)(H2,28,29,30)(H3,20,22,23,26). The molecule has 10 N–H and O–H groups in total. The summed E-state index contributed by atoms with van der Waals surface area (Å²) in [5, 5.41) is 11.1. The minimum absolute atomic E-state index is 0.0485. The maximum atomic E-state index is 13.0. The van der Waals surface area contributed by atoms with Gasteiger partial charge < -0.3 is 45.6 Å². The Labute approximate surface area is 237 Å². The van der Waals surface area contributed by atoms with Crippen molar-refractivity contribution in [2.24, 2.45) is 0 Å². The summed E-state index contributed by atoms with van der Waals surface area (Å²) in [6.45, 7) is -1.11. The van der Waals surface area contributed by atoms with E-state index in [1.807, 2.05) is 0 Å². The molecule has 0 radical (unpaired) electrons. The Morgan fingerprint density at radius 2 is 1.83 bits per heavy atom. The first-order valence-corrected chi connectivity index (χ1v) is 15.9. The van der Waals surface area contributed by atoms with Crippen LogP contribution >= 0.6 is 35.1 Å². The number of nitrogens with zero attached hydrogens (tertiary/aromatic N) is 3. The van der Waals surface area contributed by atoms with Crippen LogP contribution in [0.2, 0.25) is 5.02 Å². The molecule has 0 spiro atoms. The quantitative estimate of drug-likeness (QED) is 0.0780. The molecule has 0 amide bonds. The van der Waals surface area contributed by atoms with Crippen LogP contribution in [0.15, 0.2) is 29.3 Å². The van der Waals surface area contributed by atoms with E-state index < -0.39 is 66.1 Å². The number of esters is 1. The highest BCUT2D eigenvalue weighted by Gasteiger charge is 2.50. The molecule has 21 nitrogen and oxygen atoms in total. The number of phosphoric ester groups is 1. The molecule has 4 rings (SSSR count). The van der Waals surface area contributed by atoms with Gasteiger partial charge in [0.15, 0.2) is 23.5 Å². The fourth-order valence-corrected chi connectivity index (χ4v) is 6.90. The van der Waals surface area contributed by atoms with Crippen LogP contribution in [-0.4, -0.2) is 75.1 Å². The van der Waals surface area contributed by atoms with Crippen LogP contribution in [0, 0.1) is 0 Å². The van der Waals surface area contributed by atoms with Crippen molar-refractivity contribution in [1.82, 2.24) is 19.5 Å². The van der Waals surface area contributed by atoms with Crippen LogP contribution in [0.4, 0.5) is 11.6 Å². The average Bonchev–Trinajstić information content (AvgIpc) is 3.38. The second-order valence-electron chi connectivity index (χ2n) is 8.32. The summed E-state index contributed by atoms with van der Waals surface area (Å²) in [5.41, 5.74) is 10.00. The van der Waals surface area contributed by atoms with Crippen LogP contribution in [-0.2, 0) is 36.3 Å². The van der Waals surface area contributed by atoms with Crippen LogP contribution in [0.1, 0.15) is 16.6 Å². The molecule has 1 aliphatic heterocycles. The SMILES string of the molecule is Nc1nc2c(ncn2C2OC(COP(=O)(O)OP(=O)(O)OP(=O)(O)O)C(O)C2OC(=O)c2cc(Cl)ccc2N)c(=O)[nH]1. The van der Waals surface area contributed by atoms with Gasteiger partial charge in [0, 0.05) is 10.7 Å². The van der Waals surface area contributed by atoms with E-state index in [1.54, 1.807) is 0 Å². The Morgan fingerprint density at radius 3 is 2.50 bits per heavy atom. The van der Waals surface area contributed by atoms with E-state index >= 15 is 0 Å². The fourth-order valence-electron chi connectivity index (χ4n) is 3.70. The first-order chi connectivity index (χ1) is 19.4. The zero-order chi connectivity index (χ0) is 31.2. The van der Waals surface area contributed by atoms with Crippen molar-refractivity contribution in [3.63, 3.8) is 0 Å². The third-order valence-electron chi connectivity index (χ3n) is 5.33. The van der Waals surface area contributed by atoms with E-state index in [1.165, 1.54) is 18.2 Å². The number of hydrogen-bond donors (Lipinski definition) is 8. The molecule has 42 heavy (non-hydrogen) atoms. The predicted octanol–water partition coefficient (Wildman–Crippen LogP) is -0.235. The third-order valence-corrected chi connectivity index (χ3v) is 9.37. The molecule has 1 aliphatic rings. The lowest BCUT2D eigenvalue weighted by Gasteiger charge is -2.22. The van der Waals surface area contributed by atoms with Crippen LogP contribution in [0.3, 0.4) is 0 Å². The molecule has 6 atom stereocenters. The van der Waals surface area contributed by atoms with Crippen molar-refractivity contribution < 1.29 is 65.8 Å². The van der Waals surface area contributed by atoms with Crippen LogP contribution in [0.5, 0.6) is 0 Å². The van der Waals surface area contributed by atoms with E-state index in [-0.39, 0.29) is 33.4 Å². The number of aliphatic hydroxyl groups excluding tert-OH is 1. The highest BCUT2D eigenvalue weighted by molar-refractivity contribution is 7.66. The number of nitrogens with two attached hydrogens (primary N) is 2. The van der Waals surface area contributed by atoms with E-state index in [4.69, 9.17) is 42.3 Å². The lowest BCUT2D eigenvalue weighted by atomic mass is 10.1. The molecule has 0 saturated carbocycles. The Kier molecular flexibility index (Phi) is 9.00. The second kappa shape index (κ2) is 11.7. The number of ether oxygens (including phenoxy) is 2. The second-order valence-corrected chi connectivity index (χ2v) is 13.2. The number of carbonyl (C=O) groups is 1. The number of nitrogens with one attached hydrogen (secondary N) is 1. The van der Waals surface area contributed by atoms with Gasteiger partial charge >= 0.3 is 29.4 Å². The number of fused-ring (bicyclic) bond motifs is 1. The van der Waals surface area contributed by atoms with Crippen molar-refractivity contribution in [3.05, 3.63) is 45.5 Å². The zero-order valence-electron chi connectivity index (χ0n) is 20.4. The number of hydrogen-bond acceptors (Lipinski definition) is 15. The molecule has 0 bridgehead atoms. The summed E-state index contributed by atoms with van der Waals surface area (Å²) in [4.78, 5) is 71.7. The van der Waals surface area contributed by atoms with Gasteiger partial charge in [0.05, 0.1) is 18.5 Å². The highest BCUT2D eigenvalue weighted by atomic mass is 35.5. The summed E-state index contributed by atoms with van der Waals surface area (Å²) in [7, 11) is -17.1. The molecule has 0 aliphatic carbocycles. The van der Waals surface area contributed by atoms with Crippen molar-refractivity contribution >= 4 is 63.8 Å². The number of benzene rings is 1. The molecule has 1 saturated heterocycles. The van der Waals surface area contributed by atoms with Crippen LogP contribution in [0.25, 0.3) is 11.2 Å². The van der Waals surface area contributed by atoms with Gasteiger partial charge in [-0.1, -0.05) is 11.6 Å². The van der Waals surface area contributed by atoms with E-state index in [0.29, 0.717) is 0 Å². The smallest absolute Gasteiger partial charge is 0.451 e. The van der Waals surface area contributed by atoms with E-state index in [2.05, 4.69) is 28.1 Å².